The highest BCUT2D eigenvalue weighted by Gasteiger charge is 2.42. The van der Waals surface area contributed by atoms with Gasteiger partial charge < -0.3 is 10.2 Å². The summed E-state index contributed by atoms with van der Waals surface area (Å²) in [7, 11) is 0. The molecule has 4 heteroatoms. The van der Waals surface area contributed by atoms with Crippen molar-refractivity contribution in [3.63, 3.8) is 0 Å². The highest BCUT2D eigenvalue weighted by Crippen LogP contribution is 2.38. The fourth-order valence-electron chi connectivity index (χ4n) is 4.58. The van der Waals surface area contributed by atoms with Crippen molar-refractivity contribution in [3.8, 4) is 11.1 Å². The van der Waals surface area contributed by atoms with Crippen LogP contribution in [0.15, 0.2) is 48.5 Å². The van der Waals surface area contributed by atoms with Crippen molar-refractivity contribution in [2.24, 2.45) is 0 Å². The first-order chi connectivity index (χ1) is 13.2. The average Bonchev–Trinajstić information content (AvgIpc) is 2.67. The molecule has 0 saturated carbocycles. The van der Waals surface area contributed by atoms with E-state index < -0.39 is 17.7 Å². The molecule has 1 aliphatic rings. The van der Waals surface area contributed by atoms with E-state index in [4.69, 9.17) is 11.6 Å². The number of hydrogen-bond acceptors (Lipinski definition) is 3. The Bertz CT molecular complexity index is 779. The molecule has 152 valence electrons. The lowest BCUT2D eigenvalue weighted by Gasteiger charge is -2.46. The molecule has 0 aliphatic carbocycles. The number of nitrogens with zero attached hydrogens (tertiary/aromatic N) is 1. The summed E-state index contributed by atoms with van der Waals surface area (Å²) in [5.74, 6) is 0. The Morgan fingerprint density at radius 1 is 0.964 bits per heavy atom. The third-order valence-electron chi connectivity index (χ3n) is 6.37. The number of hydrogen-bond donors (Lipinski definition) is 2. The molecule has 1 aliphatic heterocycles. The van der Waals surface area contributed by atoms with Gasteiger partial charge in [0, 0.05) is 22.5 Å². The van der Waals surface area contributed by atoms with Crippen LogP contribution in [0.3, 0.4) is 0 Å². The minimum atomic E-state index is -0.913. The minimum Gasteiger partial charge on any atom is -0.388 e. The van der Waals surface area contributed by atoms with Crippen LogP contribution in [-0.4, -0.2) is 39.5 Å². The number of aliphatic hydroxyl groups is 2. The summed E-state index contributed by atoms with van der Waals surface area (Å²) < 4.78 is 0. The van der Waals surface area contributed by atoms with Gasteiger partial charge in [-0.25, -0.2) is 0 Å². The van der Waals surface area contributed by atoms with Gasteiger partial charge in [0.05, 0.1) is 0 Å². The third-order valence-corrected chi connectivity index (χ3v) is 6.62. The van der Waals surface area contributed by atoms with Gasteiger partial charge in [-0.1, -0.05) is 68.3 Å². The van der Waals surface area contributed by atoms with Gasteiger partial charge >= 0.3 is 0 Å². The van der Waals surface area contributed by atoms with Crippen molar-refractivity contribution < 1.29 is 10.2 Å². The molecular weight excluding hydrogens is 370 g/mol. The van der Waals surface area contributed by atoms with Crippen LogP contribution in [0, 0.1) is 0 Å². The van der Waals surface area contributed by atoms with E-state index in [1.807, 2.05) is 56.3 Å². The lowest BCUT2D eigenvalue weighted by atomic mass is 9.74. The maximum absolute atomic E-state index is 11.3. The molecule has 3 rings (SSSR count). The topological polar surface area (TPSA) is 43.7 Å². The molecule has 0 aromatic heterocycles. The van der Waals surface area contributed by atoms with Gasteiger partial charge in [-0.3, -0.25) is 4.90 Å². The summed E-state index contributed by atoms with van der Waals surface area (Å²) in [5.41, 5.74) is 2.48. The fraction of sp³-hybridized carbons (Fsp3) is 0.500. The van der Waals surface area contributed by atoms with Gasteiger partial charge in [0.1, 0.15) is 12.3 Å². The van der Waals surface area contributed by atoms with Crippen molar-refractivity contribution in [2.75, 3.05) is 0 Å². The van der Waals surface area contributed by atoms with Gasteiger partial charge in [0.25, 0.3) is 0 Å². The van der Waals surface area contributed by atoms with Crippen LogP contribution >= 0.6 is 11.6 Å². The zero-order valence-corrected chi connectivity index (χ0v) is 18.0. The van der Waals surface area contributed by atoms with E-state index in [2.05, 4.69) is 24.8 Å². The number of halogens is 1. The first-order valence-electron chi connectivity index (χ1n) is 10.2. The molecule has 0 amide bonds. The van der Waals surface area contributed by atoms with Crippen LogP contribution in [0.25, 0.3) is 11.1 Å². The van der Waals surface area contributed by atoms with E-state index in [9.17, 15) is 10.2 Å². The van der Waals surface area contributed by atoms with Crippen molar-refractivity contribution in [1.82, 2.24) is 4.90 Å². The van der Waals surface area contributed by atoms with Crippen molar-refractivity contribution >= 4 is 11.6 Å². The molecule has 0 radical (unpaired) electrons. The van der Waals surface area contributed by atoms with Crippen LogP contribution in [0.5, 0.6) is 0 Å². The van der Waals surface area contributed by atoms with Crippen LogP contribution in [-0.2, 0) is 5.41 Å². The normalized spacial score (nSPS) is 23.4. The number of aliphatic hydroxyl groups excluding tert-OH is 2. The summed E-state index contributed by atoms with van der Waals surface area (Å²) >= 11 is 6.06. The standard InChI is InChI=1S/C24H32ClNO2/c1-16-8-7-9-17(2)26(16)23(28)22(27)24(3,4)21-11-6-5-10-20(21)18-12-14-19(25)15-13-18/h5-6,10-17,22-23,27-28H,7-9H2,1-4H3. The van der Waals surface area contributed by atoms with E-state index >= 15 is 0 Å². The molecule has 2 aromatic rings. The van der Waals surface area contributed by atoms with Gasteiger partial charge in [-0.2, -0.15) is 0 Å². The first-order valence-corrected chi connectivity index (χ1v) is 10.6. The second-order valence-electron chi connectivity index (χ2n) is 8.71. The van der Waals surface area contributed by atoms with Crippen LogP contribution in [0.1, 0.15) is 52.5 Å². The van der Waals surface area contributed by atoms with Crippen molar-refractivity contribution in [1.29, 1.82) is 0 Å². The average molecular weight is 402 g/mol. The molecular formula is C24H32ClNO2. The maximum atomic E-state index is 11.3. The number of rotatable bonds is 5. The highest BCUT2D eigenvalue weighted by atomic mass is 35.5. The quantitative estimate of drug-likeness (QED) is 0.721. The van der Waals surface area contributed by atoms with E-state index in [0.29, 0.717) is 5.02 Å². The van der Waals surface area contributed by atoms with Gasteiger partial charge in [0.2, 0.25) is 0 Å². The number of piperidine rings is 1. The molecule has 2 aromatic carbocycles. The second kappa shape index (κ2) is 8.54. The summed E-state index contributed by atoms with van der Waals surface area (Å²) in [4.78, 5) is 2.08. The molecule has 28 heavy (non-hydrogen) atoms. The second-order valence-corrected chi connectivity index (χ2v) is 9.15. The van der Waals surface area contributed by atoms with Gasteiger partial charge in [-0.05, 0) is 55.5 Å². The van der Waals surface area contributed by atoms with Gasteiger partial charge in [0.15, 0.2) is 0 Å². The fourth-order valence-corrected chi connectivity index (χ4v) is 4.71. The Kier molecular flexibility index (Phi) is 6.51. The molecule has 1 fully saturated rings. The molecule has 1 heterocycles. The maximum Gasteiger partial charge on any atom is 0.134 e. The predicted molar refractivity (Wildman–Crippen MR) is 117 cm³/mol. The smallest absolute Gasteiger partial charge is 0.134 e. The molecule has 4 unspecified atom stereocenters. The molecule has 4 atom stereocenters. The van der Waals surface area contributed by atoms with Crippen molar-refractivity contribution in [2.45, 2.75) is 76.8 Å². The Balaban J connectivity index is 1.95. The summed E-state index contributed by atoms with van der Waals surface area (Å²) in [5, 5.41) is 23.1. The molecule has 0 bridgehead atoms. The lowest BCUT2D eigenvalue weighted by Crippen LogP contribution is -2.58. The first kappa shape index (κ1) is 21.3. The van der Waals surface area contributed by atoms with E-state index in [0.717, 1.165) is 29.5 Å². The Labute approximate surface area is 174 Å². The molecule has 3 nitrogen and oxygen atoms in total. The summed E-state index contributed by atoms with van der Waals surface area (Å²) in [6.45, 7) is 8.30. The van der Waals surface area contributed by atoms with Crippen molar-refractivity contribution in [3.05, 3.63) is 59.1 Å². The van der Waals surface area contributed by atoms with E-state index in [1.165, 1.54) is 6.42 Å². The number of benzene rings is 2. The minimum absolute atomic E-state index is 0.260. The van der Waals surface area contributed by atoms with Gasteiger partial charge in [-0.15, -0.1) is 0 Å². The number of likely N-dealkylation sites (tertiary alicyclic amines) is 1. The van der Waals surface area contributed by atoms with E-state index in [-0.39, 0.29) is 12.1 Å². The summed E-state index contributed by atoms with van der Waals surface area (Å²) in [6, 6.07) is 16.4. The molecule has 2 N–H and O–H groups in total. The van der Waals surface area contributed by atoms with E-state index in [1.54, 1.807) is 0 Å². The monoisotopic (exact) mass is 401 g/mol. The lowest BCUT2D eigenvalue weighted by molar-refractivity contribution is -0.143. The SMILES string of the molecule is CC1CCCC(C)N1C(O)C(O)C(C)(C)c1ccccc1-c1ccc(Cl)cc1. The predicted octanol–water partition coefficient (Wildman–Crippen LogP) is 5.23. The zero-order valence-electron chi connectivity index (χ0n) is 17.3. The molecule has 1 saturated heterocycles. The Hall–Kier alpha value is -1.39. The highest BCUT2D eigenvalue weighted by molar-refractivity contribution is 6.30. The largest absolute Gasteiger partial charge is 0.388 e. The third kappa shape index (κ3) is 4.13. The van der Waals surface area contributed by atoms with Crippen LogP contribution in [0.2, 0.25) is 5.02 Å². The Morgan fingerprint density at radius 3 is 2.14 bits per heavy atom. The molecule has 0 spiro atoms. The van der Waals surface area contributed by atoms with Crippen LogP contribution < -0.4 is 0 Å². The zero-order chi connectivity index (χ0) is 20.5. The van der Waals surface area contributed by atoms with Crippen LogP contribution in [0.4, 0.5) is 0 Å². The summed E-state index contributed by atoms with van der Waals surface area (Å²) in [6.07, 6.45) is 1.46. The Morgan fingerprint density at radius 2 is 1.54 bits per heavy atom.